The molecular formula is C9H18O4. The number of carbonyl (C=O) groups excluding carboxylic acids is 2. The van der Waals surface area contributed by atoms with E-state index >= 15 is 0 Å². The summed E-state index contributed by atoms with van der Waals surface area (Å²) >= 11 is 0. The van der Waals surface area contributed by atoms with Gasteiger partial charge in [-0.15, -0.1) is 0 Å². The highest BCUT2D eigenvalue weighted by Gasteiger charge is 2.15. The molecule has 0 aromatic rings. The third-order valence-electron chi connectivity index (χ3n) is 1.54. The van der Waals surface area contributed by atoms with Crippen molar-refractivity contribution in [2.24, 2.45) is 5.92 Å². The maximum atomic E-state index is 10.9. The molecule has 0 heterocycles. The van der Waals surface area contributed by atoms with Gasteiger partial charge in [0, 0.05) is 19.4 Å². The molecule has 0 aliphatic heterocycles. The Morgan fingerprint density at radius 1 is 1.46 bits per heavy atom. The van der Waals surface area contributed by atoms with Gasteiger partial charge in [-0.05, 0) is 0 Å². The van der Waals surface area contributed by atoms with Crippen LogP contribution in [-0.4, -0.2) is 37.0 Å². The minimum absolute atomic E-state index is 0. The van der Waals surface area contributed by atoms with E-state index in [0.717, 1.165) is 0 Å². The molecule has 4 heteroatoms. The molecule has 1 atom stereocenters. The Balaban J connectivity index is 0. The van der Waals surface area contributed by atoms with Crippen LogP contribution >= 0.6 is 0 Å². The van der Waals surface area contributed by atoms with Gasteiger partial charge in [0.05, 0.1) is 0 Å². The summed E-state index contributed by atoms with van der Waals surface area (Å²) in [6.45, 7) is 1.15. The number of ketones is 2. The minimum atomic E-state index is -0.499. The second-order valence-corrected chi connectivity index (χ2v) is 2.70. The number of rotatable bonds is 6. The fraction of sp³-hybridized carbons (Fsp3) is 0.778. The van der Waals surface area contributed by atoms with Crippen LogP contribution in [0.15, 0.2) is 0 Å². The van der Waals surface area contributed by atoms with Gasteiger partial charge in [-0.2, -0.15) is 0 Å². The second-order valence-electron chi connectivity index (χ2n) is 2.70. The van der Waals surface area contributed by atoms with Crippen LogP contribution < -0.4 is 0 Å². The van der Waals surface area contributed by atoms with E-state index in [2.05, 4.69) is 4.74 Å². The van der Waals surface area contributed by atoms with Crippen molar-refractivity contribution in [2.45, 2.75) is 20.8 Å². The van der Waals surface area contributed by atoms with Crippen molar-refractivity contribution in [3.63, 3.8) is 0 Å². The summed E-state index contributed by atoms with van der Waals surface area (Å²) in [7, 11) is 1.43. The van der Waals surface area contributed by atoms with Gasteiger partial charge in [-0.25, -0.2) is 0 Å². The predicted octanol–water partition coefficient (Wildman–Crippen LogP) is 0.426. The van der Waals surface area contributed by atoms with Gasteiger partial charge in [0.2, 0.25) is 0 Å². The van der Waals surface area contributed by atoms with Crippen LogP contribution in [0.1, 0.15) is 20.8 Å². The van der Waals surface area contributed by atoms with E-state index < -0.39 is 12.5 Å². The van der Waals surface area contributed by atoms with Crippen LogP contribution in [0.5, 0.6) is 0 Å². The predicted molar refractivity (Wildman–Crippen MR) is 49.5 cm³/mol. The number of hydrogen-bond acceptors (Lipinski definition) is 4. The van der Waals surface area contributed by atoms with Crippen LogP contribution in [0.25, 0.3) is 0 Å². The first-order valence-electron chi connectivity index (χ1n) is 3.76. The zero-order valence-corrected chi connectivity index (χ0v) is 7.37. The average Bonchev–Trinajstić information content (AvgIpc) is 2.03. The first-order valence-corrected chi connectivity index (χ1v) is 3.76. The smallest absolute Gasteiger partial charge is 0.161 e. The van der Waals surface area contributed by atoms with E-state index in [4.69, 9.17) is 5.11 Å². The number of ether oxygens (including phenoxy) is 1. The Kier molecular flexibility index (Phi) is 8.96. The Bertz CT molecular complexity index is 165. The largest absolute Gasteiger partial charge is 0.389 e. The van der Waals surface area contributed by atoms with Crippen LogP contribution in [0.4, 0.5) is 0 Å². The number of methoxy groups -OCH3 is 1. The van der Waals surface area contributed by atoms with Crippen molar-refractivity contribution < 1.29 is 19.4 Å². The van der Waals surface area contributed by atoms with E-state index in [-0.39, 0.29) is 32.0 Å². The molecule has 0 radical (unpaired) electrons. The van der Waals surface area contributed by atoms with Crippen molar-refractivity contribution in [3.05, 3.63) is 0 Å². The van der Waals surface area contributed by atoms with E-state index in [0.29, 0.717) is 0 Å². The Morgan fingerprint density at radius 3 is 2.38 bits per heavy atom. The monoisotopic (exact) mass is 190 g/mol. The Hall–Kier alpha value is -0.740. The first-order chi connectivity index (χ1) is 5.61. The lowest BCUT2D eigenvalue weighted by Crippen LogP contribution is -2.20. The van der Waals surface area contributed by atoms with Crippen molar-refractivity contribution in [1.29, 1.82) is 0 Å². The molecule has 0 aromatic heterocycles. The lowest BCUT2D eigenvalue weighted by Gasteiger charge is -2.06. The van der Waals surface area contributed by atoms with Crippen LogP contribution in [0, 0.1) is 5.92 Å². The second kappa shape index (κ2) is 7.89. The average molecular weight is 190 g/mol. The molecule has 0 saturated heterocycles. The molecule has 0 aliphatic carbocycles. The van der Waals surface area contributed by atoms with E-state index in [9.17, 15) is 9.59 Å². The third kappa shape index (κ3) is 6.42. The highest BCUT2D eigenvalue weighted by molar-refractivity contribution is 5.88. The standard InChI is InChI=1S/C8H14O4.CH4/c1-6(8(11)4-9)3-7(10)5-12-2;/h6,9H,3-5H2,1-2H3;1H4. The SMILES string of the molecule is C.COCC(=O)CC(C)C(=O)CO. The molecule has 1 N–H and O–H groups in total. The Labute approximate surface area is 78.9 Å². The number of Topliss-reactive ketones (excluding diaryl/α,β-unsaturated/α-hetero) is 2. The van der Waals surface area contributed by atoms with Gasteiger partial charge >= 0.3 is 0 Å². The maximum absolute atomic E-state index is 10.9. The van der Waals surface area contributed by atoms with Gasteiger partial charge in [0.1, 0.15) is 13.2 Å². The van der Waals surface area contributed by atoms with Gasteiger partial charge in [0.15, 0.2) is 11.6 Å². The maximum Gasteiger partial charge on any atom is 0.161 e. The van der Waals surface area contributed by atoms with Gasteiger partial charge in [0.25, 0.3) is 0 Å². The van der Waals surface area contributed by atoms with Crippen LogP contribution in [0.3, 0.4) is 0 Å². The third-order valence-corrected chi connectivity index (χ3v) is 1.54. The molecule has 0 amide bonds. The summed E-state index contributed by atoms with van der Waals surface area (Å²) in [5.74, 6) is -0.830. The molecule has 0 saturated carbocycles. The summed E-state index contributed by atoms with van der Waals surface area (Å²) in [5.41, 5.74) is 0. The molecule has 1 unspecified atom stereocenters. The van der Waals surface area contributed by atoms with Gasteiger partial charge < -0.3 is 9.84 Å². The fourth-order valence-electron chi connectivity index (χ4n) is 0.831. The van der Waals surface area contributed by atoms with E-state index in [1.165, 1.54) is 7.11 Å². The lowest BCUT2D eigenvalue weighted by atomic mass is 10.0. The molecule has 4 nitrogen and oxygen atoms in total. The molecule has 0 spiro atoms. The lowest BCUT2D eigenvalue weighted by molar-refractivity contribution is -0.130. The van der Waals surface area contributed by atoms with Crippen molar-refractivity contribution in [3.8, 4) is 0 Å². The van der Waals surface area contributed by atoms with Gasteiger partial charge in [-0.3, -0.25) is 9.59 Å². The molecule has 0 bridgehead atoms. The van der Waals surface area contributed by atoms with Gasteiger partial charge in [-0.1, -0.05) is 14.4 Å². The summed E-state index contributed by atoms with van der Waals surface area (Å²) in [4.78, 5) is 21.7. The van der Waals surface area contributed by atoms with E-state index in [1.54, 1.807) is 6.92 Å². The summed E-state index contributed by atoms with van der Waals surface area (Å²) in [6, 6.07) is 0. The summed E-state index contributed by atoms with van der Waals surface area (Å²) < 4.78 is 4.59. The fourth-order valence-corrected chi connectivity index (χ4v) is 0.831. The molecule has 0 rings (SSSR count). The van der Waals surface area contributed by atoms with Crippen LogP contribution in [-0.2, 0) is 14.3 Å². The zero-order valence-electron chi connectivity index (χ0n) is 7.37. The first kappa shape index (κ1) is 14.8. The summed E-state index contributed by atoms with van der Waals surface area (Å²) in [5, 5.41) is 8.46. The van der Waals surface area contributed by atoms with Crippen molar-refractivity contribution in [1.82, 2.24) is 0 Å². The highest BCUT2D eigenvalue weighted by atomic mass is 16.5. The highest BCUT2D eigenvalue weighted by Crippen LogP contribution is 2.03. The summed E-state index contributed by atoms with van der Waals surface area (Å²) in [6.07, 6.45) is 0.146. The molecule has 0 aromatic carbocycles. The number of aliphatic hydroxyl groups excluding tert-OH is 1. The minimum Gasteiger partial charge on any atom is -0.389 e. The van der Waals surface area contributed by atoms with Crippen molar-refractivity contribution in [2.75, 3.05) is 20.3 Å². The molecular weight excluding hydrogens is 172 g/mol. The molecule has 0 fully saturated rings. The Morgan fingerprint density at radius 2 is 2.00 bits per heavy atom. The van der Waals surface area contributed by atoms with E-state index in [1.807, 2.05) is 0 Å². The van der Waals surface area contributed by atoms with Crippen molar-refractivity contribution >= 4 is 11.6 Å². The molecule has 0 aliphatic rings. The number of aliphatic hydroxyl groups is 1. The molecule has 78 valence electrons. The number of carbonyl (C=O) groups is 2. The number of hydrogen-bond donors (Lipinski definition) is 1. The zero-order chi connectivity index (χ0) is 9.56. The topological polar surface area (TPSA) is 63.6 Å². The quantitative estimate of drug-likeness (QED) is 0.659. The van der Waals surface area contributed by atoms with Crippen LogP contribution in [0.2, 0.25) is 0 Å². The normalized spacial score (nSPS) is 11.6. The molecule has 13 heavy (non-hydrogen) atoms.